The first-order chi connectivity index (χ1) is 31.5. The van der Waals surface area contributed by atoms with Gasteiger partial charge in [0, 0.05) is 43.6 Å². The molecule has 0 aliphatic heterocycles. The zero-order valence-electron chi connectivity index (χ0n) is 35.3. The van der Waals surface area contributed by atoms with Crippen molar-refractivity contribution in [3.05, 3.63) is 230 Å². The molecule has 0 saturated carbocycles. The predicted molar refractivity (Wildman–Crippen MR) is 237 cm³/mol. The Morgan fingerprint density at radius 3 is 1.30 bits per heavy atom. The molecule has 0 unspecified atom stereocenters. The van der Waals surface area contributed by atoms with Gasteiger partial charge >= 0.3 is 6.18 Å². The Labute approximate surface area is 392 Å². The summed E-state index contributed by atoms with van der Waals surface area (Å²) >= 11 is 0. The number of aromatic nitrogens is 7. The van der Waals surface area contributed by atoms with E-state index in [9.17, 15) is 22.0 Å². The number of nitrogens with zero attached hydrogens (tertiary/aromatic N) is 7. The SMILES string of the molecule is C[n+]1[c-]n(-c2[c-]ccc(F)c2)c(-c2ccccc2)c1-c1ccccc1.C[n+]1[c-]n(-c2[c-]ccc(F)c2)c(-c2ccccc2)c1-c1ccccc1.FC(F)(F)c1cc(-c2ccccn2)[n-]n1.[Ir]. The van der Waals surface area contributed by atoms with Gasteiger partial charge in [-0.1, -0.05) is 144 Å². The average molecular weight is 1060 g/mol. The minimum atomic E-state index is -4.46. The maximum atomic E-state index is 13.8. The first-order valence-corrected chi connectivity index (χ1v) is 20.2. The Morgan fingerprint density at radius 1 is 0.530 bits per heavy atom. The molecule has 0 spiro atoms. The molecule has 0 fully saturated rings. The summed E-state index contributed by atoms with van der Waals surface area (Å²) in [5.41, 5.74) is 8.93. The number of alkyl halides is 3. The van der Waals surface area contributed by atoms with Crippen LogP contribution in [0, 0.1) is 36.4 Å². The van der Waals surface area contributed by atoms with Crippen LogP contribution < -0.4 is 14.2 Å². The van der Waals surface area contributed by atoms with E-state index >= 15 is 0 Å². The number of benzene rings is 6. The first kappa shape index (κ1) is 46.4. The summed E-state index contributed by atoms with van der Waals surface area (Å²) < 4.78 is 71.7. The van der Waals surface area contributed by atoms with Crippen molar-refractivity contribution in [2.45, 2.75) is 6.18 Å². The van der Waals surface area contributed by atoms with Crippen molar-refractivity contribution in [3.63, 3.8) is 0 Å². The molecule has 0 N–H and O–H groups in total. The van der Waals surface area contributed by atoms with Crippen LogP contribution in [0.2, 0.25) is 0 Å². The number of halogens is 5. The number of imidazole rings is 2. The van der Waals surface area contributed by atoms with Gasteiger partial charge in [-0.15, -0.1) is 24.3 Å². The van der Waals surface area contributed by atoms with E-state index in [4.69, 9.17) is 0 Å². The summed E-state index contributed by atoms with van der Waals surface area (Å²) in [6.07, 6.45) is 3.60. The van der Waals surface area contributed by atoms with E-state index < -0.39 is 11.9 Å². The predicted octanol–water partition coefficient (Wildman–Crippen LogP) is 10.9. The second kappa shape index (κ2) is 20.9. The molecule has 1 radical (unpaired) electrons. The summed E-state index contributed by atoms with van der Waals surface area (Å²) in [5.74, 6) is -0.586. The van der Waals surface area contributed by atoms with Crippen LogP contribution in [0.4, 0.5) is 22.0 Å². The fourth-order valence-electron chi connectivity index (χ4n) is 7.14. The molecule has 7 nitrogen and oxygen atoms in total. The molecule has 0 bridgehead atoms. The van der Waals surface area contributed by atoms with Crippen molar-refractivity contribution in [1.82, 2.24) is 24.3 Å². The van der Waals surface area contributed by atoms with Crippen LogP contribution in [-0.4, -0.2) is 19.2 Å². The van der Waals surface area contributed by atoms with Crippen molar-refractivity contribution in [2.75, 3.05) is 0 Å². The monoisotopic (exact) mass is 1060 g/mol. The van der Waals surface area contributed by atoms with Crippen LogP contribution in [0.3, 0.4) is 0 Å². The van der Waals surface area contributed by atoms with Crippen LogP contribution in [0.25, 0.3) is 67.8 Å². The molecule has 13 heteroatoms. The van der Waals surface area contributed by atoms with E-state index in [0.717, 1.165) is 51.1 Å². The topological polar surface area (TPSA) is 57.5 Å². The number of aryl methyl sites for hydroxylation is 2. The Kier molecular flexibility index (Phi) is 14.7. The Morgan fingerprint density at radius 2 is 0.939 bits per heavy atom. The molecule has 0 aliphatic carbocycles. The standard InChI is InChI=1S/2C22H16FN2.C9H5F3N3.Ir/c2*1-24-16-25(20-14-8-13-19(23)15-20)22(18-11-6-3-7-12-18)21(24)17-9-4-2-5-10-17;10-9(11,12)8-5-7(14-15-8)6-3-1-2-4-13-6;/h2*2-13,15H,1H3;1-5H;/q3*-1;. The smallest absolute Gasteiger partial charge is 0.431 e. The Bertz CT molecular complexity index is 2950. The molecule has 4 aromatic heterocycles. The van der Waals surface area contributed by atoms with E-state index in [0.29, 0.717) is 17.1 Å². The van der Waals surface area contributed by atoms with E-state index in [-0.39, 0.29) is 37.4 Å². The van der Waals surface area contributed by atoms with E-state index in [2.05, 4.69) is 64.2 Å². The molecule has 0 aliphatic rings. The number of pyridine rings is 1. The van der Waals surface area contributed by atoms with Crippen LogP contribution in [0.1, 0.15) is 5.69 Å². The second-order valence-corrected chi connectivity index (χ2v) is 14.5. The zero-order chi connectivity index (χ0) is 45.3. The van der Waals surface area contributed by atoms with E-state index in [1.54, 1.807) is 30.3 Å². The van der Waals surface area contributed by atoms with Gasteiger partial charge in [-0.05, 0) is 40.5 Å². The second-order valence-electron chi connectivity index (χ2n) is 14.5. The molecule has 0 amide bonds. The van der Waals surface area contributed by atoms with Crippen molar-refractivity contribution in [3.8, 4) is 67.8 Å². The number of hydrogen-bond donors (Lipinski definition) is 0. The van der Waals surface area contributed by atoms with Gasteiger partial charge in [0.2, 0.25) is 12.7 Å². The molecule has 4 heterocycles. The normalized spacial score (nSPS) is 10.8. The van der Waals surface area contributed by atoms with Crippen LogP contribution in [0.15, 0.2) is 188 Å². The minimum Gasteiger partial charge on any atom is -0.573 e. The van der Waals surface area contributed by atoms with Gasteiger partial charge in [0.1, 0.15) is 5.69 Å². The Balaban J connectivity index is 0.000000151. The van der Waals surface area contributed by atoms with E-state index in [1.807, 2.05) is 129 Å². The number of rotatable bonds is 7. The molecule has 331 valence electrons. The van der Waals surface area contributed by atoms with Crippen LogP contribution >= 0.6 is 0 Å². The molecule has 6 aromatic carbocycles. The van der Waals surface area contributed by atoms with Gasteiger partial charge in [0.05, 0.1) is 36.9 Å². The van der Waals surface area contributed by atoms with Crippen LogP contribution in [-0.2, 0) is 40.4 Å². The third-order valence-corrected chi connectivity index (χ3v) is 9.99. The summed E-state index contributed by atoms with van der Waals surface area (Å²) in [6, 6.07) is 61.3. The summed E-state index contributed by atoms with van der Waals surface area (Å²) in [7, 11) is 3.90. The van der Waals surface area contributed by atoms with Gasteiger partial charge in [-0.2, -0.15) is 37.4 Å². The quantitative estimate of drug-likeness (QED) is 0.0908. The summed E-state index contributed by atoms with van der Waals surface area (Å²) in [5, 5.41) is 6.47. The molecular formula is C53H37F5IrN7-3. The minimum absolute atomic E-state index is 0. The summed E-state index contributed by atoms with van der Waals surface area (Å²) in [4.78, 5) is 3.87. The fraction of sp³-hybridized carbons (Fsp3) is 0.0566. The largest absolute Gasteiger partial charge is 0.573 e. The van der Waals surface area contributed by atoms with Gasteiger partial charge in [-0.3, -0.25) is 4.98 Å². The molecule has 10 aromatic rings. The third-order valence-electron chi connectivity index (χ3n) is 9.99. The van der Waals surface area contributed by atoms with Gasteiger partial charge in [0.15, 0.2) is 0 Å². The molecule has 0 atom stereocenters. The van der Waals surface area contributed by atoms with Crippen molar-refractivity contribution < 1.29 is 51.2 Å². The van der Waals surface area contributed by atoms with Gasteiger partial charge < -0.3 is 28.5 Å². The molecule has 66 heavy (non-hydrogen) atoms. The molecular weight excluding hydrogens is 1020 g/mol. The van der Waals surface area contributed by atoms with Gasteiger partial charge in [0.25, 0.3) is 0 Å². The van der Waals surface area contributed by atoms with Crippen molar-refractivity contribution >= 4 is 0 Å². The Hall–Kier alpha value is -7.60. The average Bonchev–Trinajstić information content (AvgIpc) is 4.07. The van der Waals surface area contributed by atoms with Gasteiger partial charge in [-0.25, -0.2) is 8.78 Å². The van der Waals surface area contributed by atoms with E-state index in [1.165, 1.54) is 30.5 Å². The maximum absolute atomic E-state index is 13.8. The maximum Gasteiger partial charge on any atom is 0.431 e. The fourth-order valence-corrected chi connectivity index (χ4v) is 7.14. The van der Waals surface area contributed by atoms with Crippen molar-refractivity contribution in [2.24, 2.45) is 14.1 Å². The first-order valence-electron chi connectivity index (χ1n) is 20.2. The zero-order valence-corrected chi connectivity index (χ0v) is 37.6. The van der Waals surface area contributed by atoms with Crippen molar-refractivity contribution in [1.29, 1.82) is 0 Å². The van der Waals surface area contributed by atoms with Crippen LogP contribution in [0.5, 0.6) is 0 Å². The molecule has 0 saturated heterocycles. The third kappa shape index (κ3) is 10.7. The summed E-state index contributed by atoms with van der Waals surface area (Å²) in [6.45, 7) is 0. The number of hydrogen-bond acceptors (Lipinski definition) is 2. The molecule has 10 rings (SSSR count).